The van der Waals surface area contributed by atoms with Gasteiger partial charge in [0.2, 0.25) is 0 Å². The summed E-state index contributed by atoms with van der Waals surface area (Å²) in [5.41, 5.74) is 2.53. The Labute approximate surface area is 193 Å². The van der Waals surface area contributed by atoms with Gasteiger partial charge >= 0.3 is 6.36 Å². The first-order valence-electron chi connectivity index (χ1n) is 11.0. The van der Waals surface area contributed by atoms with Crippen LogP contribution in [0.15, 0.2) is 48.5 Å². The molecule has 34 heavy (non-hydrogen) atoms. The summed E-state index contributed by atoms with van der Waals surface area (Å²) in [5.74, 6) is -2.15. The van der Waals surface area contributed by atoms with Gasteiger partial charge in [-0.15, -0.1) is 13.2 Å². The van der Waals surface area contributed by atoms with E-state index < -0.39 is 29.6 Å². The summed E-state index contributed by atoms with van der Waals surface area (Å²) in [6.45, 7) is 2.01. The smallest absolute Gasteiger partial charge is 0.406 e. The van der Waals surface area contributed by atoms with Gasteiger partial charge in [0.15, 0.2) is 0 Å². The first kappa shape index (κ1) is 23.9. The maximum atomic E-state index is 15.3. The highest BCUT2D eigenvalue weighted by molar-refractivity contribution is 5.86. The molecule has 0 bridgehead atoms. The predicted molar refractivity (Wildman–Crippen MR) is 120 cm³/mol. The zero-order valence-corrected chi connectivity index (χ0v) is 18.4. The van der Waals surface area contributed by atoms with E-state index in [1.165, 1.54) is 30.3 Å². The molecule has 7 heteroatoms. The molecule has 0 fully saturated rings. The van der Waals surface area contributed by atoms with Crippen molar-refractivity contribution in [2.75, 3.05) is 0 Å². The normalized spacial score (nSPS) is 13.4. The van der Waals surface area contributed by atoms with E-state index in [1.807, 2.05) is 6.92 Å². The van der Waals surface area contributed by atoms with Crippen molar-refractivity contribution in [2.45, 2.75) is 45.4 Å². The summed E-state index contributed by atoms with van der Waals surface area (Å²) >= 11 is 0. The summed E-state index contributed by atoms with van der Waals surface area (Å²) < 4.78 is 85.7. The largest absolute Gasteiger partial charge is 0.573 e. The molecule has 0 unspecified atom stereocenters. The van der Waals surface area contributed by atoms with Gasteiger partial charge in [-0.3, -0.25) is 0 Å². The Balaban J connectivity index is 1.63. The van der Waals surface area contributed by atoms with Gasteiger partial charge < -0.3 is 4.74 Å². The number of halogens is 6. The molecule has 0 radical (unpaired) electrons. The topological polar surface area (TPSA) is 9.23 Å². The molecule has 4 rings (SSSR count). The van der Waals surface area contributed by atoms with Gasteiger partial charge in [-0.25, -0.2) is 13.2 Å². The molecule has 178 valence electrons. The van der Waals surface area contributed by atoms with Crippen molar-refractivity contribution in [3.05, 3.63) is 88.2 Å². The zero-order chi connectivity index (χ0) is 24.5. The van der Waals surface area contributed by atoms with Crippen LogP contribution in [0.2, 0.25) is 0 Å². The van der Waals surface area contributed by atoms with Crippen LogP contribution in [0.4, 0.5) is 26.3 Å². The molecule has 0 atom stereocenters. The third kappa shape index (κ3) is 5.13. The number of allylic oxidation sites excluding steroid dienone is 1. The van der Waals surface area contributed by atoms with Gasteiger partial charge in [0, 0.05) is 11.1 Å². The fraction of sp³-hybridized carbons (Fsp3) is 0.259. The second kappa shape index (κ2) is 9.57. The highest BCUT2D eigenvalue weighted by Crippen LogP contribution is 2.38. The number of fused-ring (bicyclic) bond motifs is 1. The van der Waals surface area contributed by atoms with Crippen molar-refractivity contribution >= 4 is 11.6 Å². The molecule has 0 aliphatic heterocycles. The molecule has 0 heterocycles. The Morgan fingerprint density at radius 2 is 1.56 bits per heavy atom. The standard InChI is InChI=1S/C27H22F6O/c1-2-3-4-16-13-23(28)25(24(29)14-16)19-8-12-22-18(15-19)7-11-21(26(22)30)17-5-9-20(10-6-17)34-27(31,32)33/h5-7,9-11,13-15H,2-4,8,12H2,1H3. The van der Waals surface area contributed by atoms with Crippen molar-refractivity contribution < 1.29 is 31.1 Å². The number of ether oxygens (including phenoxy) is 1. The molecule has 0 N–H and O–H groups in total. The van der Waals surface area contributed by atoms with Gasteiger partial charge in [0.25, 0.3) is 0 Å². The lowest BCUT2D eigenvalue weighted by molar-refractivity contribution is -0.274. The monoisotopic (exact) mass is 476 g/mol. The molecule has 0 saturated carbocycles. The predicted octanol–water partition coefficient (Wildman–Crippen LogP) is 8.50. The van der Waals surface area contributed by atoms with Crippen molar-refractivity contribution in [1.82, 2.24) is 0 Å². The van der Waals surface area contributed by atoms with E-state index in [0.717, 1.165) is 25.0 Å². The summed E-state index contributed by atoms with van der Waals surface area (Å²) in [5, 5.41) is 0. The zero-order valence-electron chi connectivity index (χ0n) is 18.4. The van der Waals surface area contributed by atoms with E-state index in [2.05, 4.69) is 4.74 Å². The van der Waals surface area contributed by atoms with E-state index in [-0.39, 0.29) is 24.0 Å². The van der Waals surface area contributed by atoms with Gasteiger partial charge in [-0.05, 0) is 77.8 Å². The van der Waals surface area contributed by atoms with Crippen molar-refractivity contribution in [3.8, 4) is 16.9 Å². The minimum atomic E-state index is -4.81. The molecule has 1 aliphatic rings. The van der Waals surface area contributed by atoms with Crippen LogP contribution in [0, 0.1) is 17.5 Å². The van der Waals surface area contributed by atoms with E-state index in [1.54, 1.807) is 12.1 Å². The van der Waals surface area contributed by atoms with Crippen molar-refractivity contribution in [3.63, 3.8) is 0 Å². The Kier molecular flexibility index (Phi) is 6.73. The van der Waals surface area contributed by atoms with Crippen molar-refractivity contribution in [1.29, 1.82) is 0 Å². The first-order valence-corrected chi connectivity index (χ1v) is 11.0. The van der Waals surface area contributed by atoms with Crippen LogP contribution in [0.5, 0.6) is 5.75 Å². The maximum Gasteiger partial charge on any atom is 0.573 e. The quantitative estimate of drug-likeness (QED) is 0.324. The second-order valence-electron chi connectivity index (χ2n) is 8.27. The third-order valence-corrected chi connectivity index (χ3v) is 5.89. The van der Waals surface area contributed by atoms with E-state index in [9.17, 15) is 22.0 Å². The van der Waals surface area contributed by atoms with Gasteiger partial charge in [0.1, 0.15) is 23.2 Å². The molecule has 0 spiro atoms. The van der Waals surface area contributed by atoms with Gasteiger partial charge in [0.05, 0.1) is 0 Å². The number of hydrogen-bond acceptors (Lipinski definition) is 1. The Hall–Kier alpha value is -3.22. The lowest BCUT2D eigenvalue weighted by Crippen LogP contribution is -2.16. The first-order chi connectivity index (χ1) is 16.2. The molecule has 3 aromatic rings. The molecule has 1 nitrogen and oxygen atoms in total. The summed E-state index contributed by atoms with van der Waals surface area (Å²) in [6, 6.07) is 10.8. The highest BCUT2D eigenvalue weighted by atomic mass is 19.4. The number of rotatable bonds is 6. The number of aryl methyl sites for hydroxylation is 1. The number of alkyl halides is 3. The number of hydrogen-bond donors (Lipinski definition) is 0. The van der Waals surface area contributed by atoms with Crippen LogP contribution < -0.4 is 4.74 Å². The third-order valence-electron chi connectivity index (χ3n) is 5.89. The minimum absolute atomic E-state index is 0.0874. The number of benzene rings is 3. The average Bonchev–Trinajstić information content (AvgIpc) is 2.77. The van der Waals surface area contributed by atoms with Crippen LogP contribution in [0.3, 0.4) is 0 Å². The lowest BCUT2D eigenvalue weighted by Gasteiger charge is -2.20. The average molecular weight is 476 g/mol. The van der Waals surface area contributed by atoms with Crippen LogP contribution >= 0.6 is 0 Å². The SMILES string of the molecule is CCCCc1cc(F)c(C2=Cc3ccc(-c4ccc(OC(F)(F)F)cc4)c(F)c3CC2)c(F)c1. The van der Waals surface area contributed by atoms with Crippen molar-refractivity contribution in [2.24, 2.45) is 0 Å². The van der Waals surface area contributed by atoms with E-state index >= 15 is 4.39 Å². The Bertz CT molecular complexity index is 1200. The summed E-state index contributed by atoms with van der Waals surface area (Å²) in [6.07, 6.45) is -0.346. The van der Waals surface area contributed by atoms with Gasteiger partial charge in [-0.1, -0.05) is 43.7 Å². The second-order valence-corrected chi connectivity index (χ2v) is 8.27. The van der Waals surface area contributed by atoms with Crippen LogP contribution in [-0.4, -0.2) is 6.36 Å². The van der Waals surface area contributed by atoms with Crippen LogP contribution in [0.1, 0.15) is 48.4 Å². The molecule has 0 saturated heterocycles. The molecule has 1 aliphatic carbocycles. The summed E-state index contributed by atoms with van der Waals surface area (Å²) in [4.78, 5) is 0. The van der Waals surface area contributed by atoms with E-state index in [4.69, 9.17) is 0 Å². The summed E-state index contributed by atoms with van der Waals surface area (Å²) in [7, 11) is 0. The Morgan fingerprint density at radius 1 is 0.882 bits per heavy atom. The maximum absolute atomic E-state index is 15.3. The lowest BCUT2D eigenvalue weighted by atomic mass is 9.85. The molecule has 3 aromatic carbocycles. The van der Waals surface area contributed by atoms with Crippen LogP contribution in [-0.2, 0) is 12.8 Å². The number of unbranched alkanes of at least 4 members (excludes halogenated alkanes) is 1. The molecule has 0 aromatic heterocycles. The van der Waals surface area contributed by atoms with E-state index in [0.29, 0.717) is 34.2 Å². The van der Waals surface area contributed by atoms with Gasteiger partial charge in [-0.2, -0.15) is 0 Å². The molecule has 0 amide bonds. The fourth-order valence-corrected chi connectivity index (χ4v) is 4.26. The fourth-order valence-electron chi connectivity index (χ4n) is 4.26. The molecular weight excluding hydrogens is 454 g/mol. The highest BCUT2D eigenvalue weighted by Gasteiger charge is 2.31. The minimum Gasteiger partial charge on any atom is -0.406 e. The Morgan fingerprint density at radius 3 is 2.18 bits per heavy atom. The van der Waals surface area contributed by atoms with Crippen LogP contribution in [0.25, 0.3) is 22.8 Å². The molecular formula is C27H22F6O.